The molecule has 124 valence electrons. The summed E-state index contributed by atoms with van der Waals surface area (Å²) in [7, 11) is -3.83. The largest absolute Gasteiger partial charge is 0.353 e. The van der Waals surface area contributed by atoms with E-state index in [1.807, 2.05) is 13.8 Å². The summed E-state index contributed by atoms with van der Waals surface area (Å²) in [5.74, 6) is -0.438. The van der Waals surface area contributed by atoms with Crippen molar-refractivity contribution in [1.29, 1.82) is 0 Å². The van der Waals surface area contributed by atoms with Crippen LogP contribution in [0.1, 0.15) is 13.8 Å². The number of aromatic amines is 2. The lowest BCUT2D eigenvalue weighted by molar-refractivity contribution is -0.128. The van der Waals surface area contributed by atoms with Gasteiger partial charge in [0, 0.05) is 13.1 Å². The Kier molecular flexibility index (Phi) is 3.77. The van der Waals surface area contributed by atoms with Crippen molar-refractivity contribution < 1.29 is 13.2 Å². The second kappa shape index (κ2) is 5.50. The Balaban J connectivity index is 2.07. The second-order valence-electron chi connectivity index (χ2n) is 5.88. The number of benzene rings is 1. The van der Waals surface area contributed by atoms with Gasteiger partial charge in [-0.25, -0.2) is 13.2 Å². The summed E-state index contributed by atoms with van der Waals surface area (Å²) in [6, 6.07) is 3.64. The SMILES string of the molecule is CC(C)C1C(=O)NCCN1S(=O)(=O)c1ccc2[nH]c(=O)[nH]c2c1. The molecule has 1 amide bonds. The highest BCUT2D eigenvalue weighted by molar-refractivity contribution is 7.89. The first kappa shape index (κ1) is 15.8. The minimum absolute atomic E-state index is 0.0561. The monoisotopic (exact) mass is 338 g/mol. The van der Waals surface area contributed by atoms with Crippen LogP contribution in [0.3, 0.4) is 0 Å². The van der Waals surface area contributed by atoms with Crippen LogP contribution >= 0.6 is 0 Å². The Bertz CT molecular complexity index is 912. The molecule has 2 heterocycles. The molecule has 9 heteroatoms. The van der Waals surface area contributed by atoms with Crippen molar-refractivity contribution in [1.82, 2.24) is 19.6 Å². The number of H-pyrrole nitrogens is 2. The van der Waals surface area contributed by atoms with E-state index in [-0.39, 0.29) is 29.8 Å². The summed E-state index contributed by atoms with van der Waals surface area (Å²) in [5.41, 5.74) is 0.552. The van der Waals surface area contributed by atoms with Crippen LogP contribution in [0.2, 0.25) is 0 Å². The van der Waals surface area contributed by atoms with E-state index in [4.69, 9.17) is 0 Å². The molecule has 1 aliphatic rings. The molecule has 0 bridgehead atoms. The van der Waals surface area contributed by atoms with E-state index >= 15 is 0 Å². The predicted octanol–water partition coefficient (Wildman–Crippen LogP) is 0.00130. The molecule has 0 aliphatic carbocycles. The van der Waals surface area contributed by atoms with Gasteiger partial charge in [-0.15, -0.1) is 0 Å². The Hall–Kier alpha value is -2.13. The van der Waals surface area contributed by atoms with Gasteiger partial charge < -0.3 is 15.3 Å². The second-order valence-corrected chi connectivity index (χ2v) is 7.77. The number of nitrogens with zero attached hydrogens (tertiary/aromatic N) is 1. The van der Waals surface area contributed by atoms with Crippen molar-refractivity contribution in [2.24, 2.45) is 5.92 Å². The Morgan fingerprint density at radius 2 is 1.87 bits per heavy atom. The number of aromatic nitrogens is 2. The van der Waals surface area contributed by atoms with Gasteiger partial charge in [0.15, 0.2) is 0 Å². The zero-order chi connectivity index (χ0) is 16.8. The van der Waals surface area contributed by atoms with Crippen molar-refractivity contribution in [2.75, 3.05) is 13.1 Å². The van der Waals surface area contributed by atoms with Crippen LogP contribution in [0, 0.1) is 5.92 Å². The molecule has 2 aromatic rings. The fourth-order valence-electron chi connectivity index (χ4n) is 2.88. The van der Waals surface area contributed by atoms with E-state index in [0.717, 1.165) is 0 Å². The average Bonchev–Trinajstić information content (AvgIpc) is 2.85. The van der Waals surface area contributed by atoms with Gasteiger partial charge in [0.05, 0.1) is 15.9 Å². The predicted molar refractivity (Wildman–Crippen MR) is 84.4 cm³/mol. The number of amides is 1. The average molecular weight is 338 g/mol. The maximum atomic E-state index is 12.9. The van der Waals surface area contributed by atoms with Crippen LogP contribution in [0.5, 0.6) is 0 Å². The van der Waals surface area contributed by atoms with E-state index in [2.05, 4.69) is 15.3 Å². The van der Waals surface area contributed by atoms with E-state index < -0.39 is 21.8 Å². The number of carbonyl (C=O) groups is 1. The molecule has 1 fully saturated rings. The van der Waals surface area contributed by atoms with Gasteiger partial charge in [0.1, 0.15) is 6.04 Å². The molecule has 0 spiro atoms. The van der Waals surface area contributed by atoms with Crippen molar-refractivity contribution in [3.05, 3.63) is 28.7 Å². The van der Waals surface area contributed by atoms with Crippen LogP contribution in [-0.4, -0.2) is 47.7 Å². The van der Waals surface area contributed by atoms with E-state index in [1.165, 1.54) is 22.5 Å². The van der Waals surface area contributed by atoms with Crippen molar-refractivity contribution in [2.45, 2.75) is 24.8 Å². The van der Waals surface area contributed by atoms with Crippen molar-refractivity contribution in [3.63, 3.8) is 0 Å². The molecule has 23 heavy (non-hydrogen) atoms. The molecular formula is C14H18N4O4S. The van der Waals surface area contributed by atoms with Gasteiger partial charge >= 0.3 is 5.69 Å². The van der Waals surface area contributed by atoms with Gasteiger partial charge in [-0.1, -0.05) is 13.8 Å². The number of imidazole rings is 1. The first-order valence-electron chi connectivity index (χ1n) is 7.32. The standard InChI is InChI=1S/C14H18N4O4S/c1-8(2)12-13(19)15-5-6-18(12)23(21,22)9-3-4-10-11(7-9)17-14(20)16-10/h3-4,7-8,12H,5-6H2,1-2H3,(H,15,19)(H2,16,17,20). The normalized spacial score (nSPS) is 20.1. The summed E-state index contributed by atoms with van der Waals surface area (Å²) in [5, 5.41) is 2.70. The molecule has 0 radical (unpaired) electrons. The minimum atomic E-state index is -3.83. The molecule has 1 saturated heterocycles. The Morgan fingerprint density at radius 3 is 2.57 bits per heavy atom. The van der Waals surface area contributed by atoms with Crippen LogP contribution < -0.4 is 11.0 Å². The number of hydrogen-bond acceptors (Lipinski definition) is 4. The van der Waals surface area contributed by atoms with E-state index in [9.17, 15) is 18.0 Å². The number of carbonyl (C=O) groups excluding carboxylic acids is 1. The van der Waals surface area contributed by atoms with Gasteiger partial charge in [-0.3, -0.25) is 4.79 Å². The molecule has 1 atom stereocenters. The van der Waals surface area contributed by atoms with Gasteiger partial charge in [-0.05, 0) is 24.1 Å². The smallest absolute Gasteiger partial charge is 0.323 e. The zero-order valence-electron chi connectivity index (χ0n) is 12.8. The van der Waals surface area contributed by atoms with E-state index in [1.54, 1.807) is 0 Å². The third kappa shape index (κ3) is 2.66. The fourth-order valence-corrected chi connectivity index (χ4v) is 4.62. The molecule has 3 rings (SSSR count). The third-order valence-electron chi connectivity index (χ3n) is 3.94. The van der Waals surface area contributed by atoms with Crippen molar-refractivity contribution in [3.8, 4) is 0 Å². The number of sulfonamides is 1. The van der Waals surface area contributed by atoms with Crippen LogP contribution in [0.15, 0.2) is 27.9 Å². The molecule has 1 aromatic carbocycles. The number of rotatable bonds is 3. The summed E-state index contributed by atoms with van der Waals surface area (Å²) in [4.78, 5) is 28.5. The molecule has 8 nitrogen and oxygen atoms in total. The maximum Gasteiger partial charge on any atom is 0.323 e. The highest BCUT2D eigenvalue weighted by atomic mass is 32.2. The number of nitrogens with one attached hydrogen (secondary N) is 3. The summed E-state index contributed by atoms with van der Waals surface area (Å²) < 4.78 is 27.1. The first-order chi connectivity index (χ1) is 10.8. The highest BCUT2D eigenvalue weighted by Crippen LogP contribution is 2.25. The van der Waals surface area contributed by atoms with Gasteiger partial charge in [0.25, 0.3) is 0 Å². The highest BCUT2D eigenvalue weighted by Gasteiger charge is 2.40. The van der Waals surface area contributed by atoms with E-state index in [0.29, 0.717) is 11.0 Å². The third-order valence-corrected chi connectivity index (χ3v) is 5.81. The topological polar surface area (TPSA) is 115 Å². The molecule has 3 N–H and O–H groups in total. The molecule has 1 unspecified atom stereocenters. The van der Waals surface area contributed by atoms with Crippen LogP contribution in [-0.2, 0) is 14.8 Å². The first-order valence-corrected chi connectivity index (χ1v) is 8.76. The quantitative estimate of drug-likeness (QED) is 0.730. The Morgan fingerprint density at radius 1 is 1.17 bits per heavy atom. The summed E-state index contributed by atoms with van der Waals surface area (Å²) in [6.45, 7) is 4.12. The minimum Gasteiger partial charge on any atom is -0.353 e. The lowest BCUT2D eigenvalue weighted by Crippen LogP contribution is -2.58. The van der Waals surface area contributed by atoms with Gasteiger partial charge in [-0.2, -0.15) is 4.31 Å². The number of hydrogen-bond donors (Lipinski definition) is 3. The lowest BCUT2D eigenvalue weighted by Gasteiger charge is -2.36. The molecular weight excluding hydrogens is 320 g/mol. The van der Waals surface area contributed by atoms with Gasteiger partial charge in [0.2, 0.25) is 15.9 Å². The fraction of sp³-hybridized carbons (Fsp3) is 0.429. The van der Waals surface area contributed by atoms with Crippen LogP contribution in [0.4, 0.5) is 0 Å². The lowest BCUT2D eigenvalue weighted by atomic mass is 10.0. The molecule has 1 aliphatic heterocycles. The number of piperazine rings is 1. The summed E-state index contributed by atoms with van der Waals surface area (Å²) in [6.07, 6.45) is 0. The molecule has 1 aromatic heterocycles. The van der Waals surface area contributed by atoms with Crippen molar-refractivity contribution >= 4 is 27.0 Å². The molecule has 0 saturated carbocycles. The number of fused-ring (bicyclic) bond motifs is 1. The summed E-state index contributed by atoms with van der Waals surface area (Å²) >= 11 is 0. The van der Waals surface area contributed by atoms with Crippen LogP contribution in [0.25, 0.3) is 11.0 Å². The zero-order valence-corrected chi connectivity index (χ0v) is 13.6. The maximum absolute atomic E-state index is 12.9. The Labute approximate surface area is 132 Å².